The highest BCUT2D eigenvalue weighted by molar-refractivity contribution is 5.72. The van der Waals surface area contributed by atoms with Crippen molar-refractivity contribution in [3.05, 3.63) is 369 Å². The SMILES string of the molecule is CC.CC.CC.CC.CC.CC.CC.CC.CC.CC.CC.CC.Cc1ccc(-c2ccccc2C)cc1.Cc1cccc(-c2cccc(C)c2)c1.Cc1cccc(-c2ccccc2C)c1.Cc1cccc(C)c1.Cc1ccccc1-c1ccccc1C.Cc1ccccc1-c1ccccc1C.Cc1ccccc1C. The summed E-state index contributed by atoms with van der Waals surface area (Å²) >= 11 is 0. The molecule has 110 heavy (non-hydrogen) atoms. The van der Waals surface area contributed by atoms with Gasteiger partial charge in [-0.25, -0.2) is 0 Å². The van der Waals surface area contributed by atoms with Gasteiger partial charge in [0.2, 0.25) is 0 Å². The zero-order chi connectivity index (χ0) is 85.8. The second kappa shape index (κ2) is 79.2. The quantitative estimate of drug-likeness (QED) is 0.161. The smallest absolute Gasteiger partial charge is 0.0152 e. The molecule has 0 N–H and O–H groups in total. The first-order chi connectivity index (χ1) is 53.5. The van der Waals surface area contributed by atoms with Gasteiger partial charge in [0.25, 0.3) is 0 Å². The van der Waals surface area contributed by atoms with Gasteiger partial charge < -0.3 is 0 Å². The fourth-order valence-electron chi connectivity index (χ4n) is 9.96. The Bertz CT molecular complexity index is 3720. The van der Waals surface area contributed by atoms with Crippen LogP contribution < -0.4 is 0 Å². The van der Waals surface area contributed by atoms with Crippen LogP contribution in [0.3, 0.4) is 0 Å². The van der Waals surface area contributed by atoms with Gasteiger partial charge in [0.15, 0.2) is 0 Å². The summed E-state index contributed by atoms with van der Waals surface area (Å²) in [5.74, 6) is 0. The first-order valence-electron chi connectivity index (χ1n) is 42.1. The second-order valence-corrected chi connectivity index (χ2v) is 22.6. The third kappa shape index (κ3) is 49.6. The molecule has 12 rings (SSSR count). The molecule has 0 heteroatoms. The molecule has 602 valence electrons. The maximum absolute atomic E-state index is 2.22. The van der Waals surface area contributed by atoms with Crippen molar-refractivity contribution in [2.75, 3.05) is 0 Å². The molecule has 0 unspecified atom stereocenters. The minimum absolute atomic E-state index is 1.30. The van der Waals surface area contributed by atoms with Crippen molar-refractivity contribution in [2.45, 2.75) is 263 Å². The molecule has 0 saturated heterocycles. The average molecular weight is 1480 g/mol. The van der Waals surface area contributed by atoms with Gasteiger partial charge in [-0.3, -0.25) is 0 Å². The molecule has 0 amide bonds. The van der Waals surface area contributed by atoms with Crippen molar-refractivity contribution in [1.82, 2.24) is 0 Å². The van der Waals surface area contributed by atoms with E-state index < -0.39 is 0 Å². The maximum atomic E-state index is 2.22. The summed E-state index contributed by atoms with van der Waals surface area (Å²) in [7, 11) is 0. The summed E-state index contributed by atoms with van der Waals surface area (Å²) < 4.78 is 0. The van der Waals surface area contributed by atoms with Gasteiger partial charge in [0, 0.05) is 0 Å². The van der Waals surface area contributed by atoms with Crippen LogP contribution in [0.4, 0.5) is 0 Å². The molecule has 0 aromatic heterocycles. The topological polar surface area (TPSA) is 0 Å². The summed E-state index contributed by atoms with van der Waals surface area (Å²) in [5.41, 5.74) is 31.9. The van der Waals surface area contributed by atoms with Gasteiger partial charge in [0.1, 0.15) is 0 Å². The van der Waals surface area contributed by atoms with Crippen molar-refractivity contribution in [3.8, 4) is 55.6 Å². The predicted octanol–water partition coefficient (Wildman–Crippen LogP) is 36.8. The molecule has 0 nitrogen and oxygen atoms in total. The van der Waals surface area contributed by atoms with Crippen LogP contribution in [0, 0.1) is 96.9 Å². The van der Waals surface area contributed by atoms with E-state index in [2.05, 4.69) is 388 Å². The van der Waals surface area contributed by atoms with Gasteiger partial charge in [0.05, 0.1) is 0 Å². The van der Waals surface area contributed by atoms with Gasteiger partial charge in [-0.1, -0.05) is 491 Å². The molecule has 12 aromatic rings. The lowest BCUT2D eigenvalue weighted by Gasteiger charge is -2.08. The summed E-state index contributed by atoms with van der Waals surface area (Å²) in [6.07, 6.45) is 0. The van der Waals surface area contributed by atoms with Crippen molar-refractivity contribution in [3.63, 3.8) is 0 Å². The van der Waals surface area contributed by atoms with Crippen LogP contribution in [0.5, 0.6) is 0 Å². The number of hydrogen-bond donors (Lipinski definition) is 0. The Morgan fingerprint density at radius 2 is 0.282 bits per heavy atom. The van der Waals surface area contributed by atoms with E-state index in [-0.39, 0.29) is 0 Å². The van der Waals surface area contributed by atoms with E-state index in [1.54, 1.807) is 0 Å². The molecular weight excluding hydrogens is 1320 g/mol. The van der Waals surface area contributed by atoms with Crippen molar-refractivity contribution < 1.29 is 0 Å². The monoisotopic (exact) mass is 1480 g/mol. The predicted molar refractivity (Wildman–Crippen MR) is 515 cm³/mol. The van der Waals surface area contributed by atoms with Crippen LogP contribution >= 0.6 is 0 Å². The van der Waals surface area contributed by atoms with E-state index in [1.165, 1.54) is 134 Å². The Morgan fingerprint density at radius 1 is 0.109 bits per heavy atom. The Labute approximate surface area is 683 Å². The molecule has 0 atom stereocenters. The maximum Gasteiger partial charge on any atom is -0.0152 e. The van der Waals surface area contributed by atoms with Crippen LogP contribution in [0.1, 0.15) is 244 Å². The molecule has 0 aliphatic carbocycles. The lowest BCUT2D eigenvalue weighted by Crippen LogP contribution is -1.85. The molecule has 0 aliphatic rings. The van der Waals surface area contributed by atoms with Crippen molar-refractivity contribution >= 4 is 0 Å². The molecule has 0 aliphatic heterocycles. The Morgan fingerprint density at radius 3 is 0.482 bits per heavy atom. The van der Waals surface area contributed by atoms with Gasteiger partial charge in [-0.2, -0.15) is 0 Å². The Kier molecular flexibility index (Phi) is 82.0. The molecule has 0 fully saturated rings. The van der Waals surface area contributed by atoms with Crippen molar-refractivity contribution in [1.29, 1.82) is 0 Å². The molecule has 0 radical (unpaired) electrons. The normalized spacial score (nSPS) is 8.45. The van der Waals surface area contributed by atoms with Gasteiger partial charge in [-0.15, -0.1) is 0 Å². The fourth-order valence-corrected chi connectivity index (χ4v) is 9.96. The van der Waals surface area contributed by atoms with Gasteiger partial charge >= 0.3 is 0 Å². The highest BCUT2D eigenvalue weighted by Gasteiger charge is 2.05. The average Bonchev–Trinajstić information content (AvgIpc) is 0.847. The third-order valence-corrected chi connectivity index (χ3v) is 15.1. The van der Waals surface area contributed by atoms with E-state index in [0.717, 1.165) is 0 Å². The summed E-state index contributed by atoms with van der Waals surface area (Å²) in [4.78, 5) is 0. The van der Waals surface area contributed by atoms with E-state index in [1.807, 2.05) is 166 Å². The largest absolute Gasteiger partial charge is 0.0683 e. The summed E-state index contributed by atoms with van der Waals surface area (Å²) in [5, 5.41) is 0. The molecule has 0 heterocycles. The molecule has 0 spiro atoms. The lowest BCUT2D eigenvalue weighted by atomic mass is 9.97. The number of hydrogen-bond acceptors (Lipinski definition) is 0. The van der Waals surface area contributed by atoms with E-state index >= 15 is 0 Å². The lowest BCUT2D eigenvalue weighted by molar-refractivity contribution is 1.34. The van der Waals surface area contributed by atoms with Crippen LogP contribution in [0.25, 0.3) is 55.6 Å². The van der Waals surface area contributed by atoms with E-state index in [4.69, 9.17) is 0 Å². The standard InChI is InChI=1S/5C14H14.2C8H10.12C2H6/c1-11-5-3-7-13(9-11)14-8-4-6-12(2)10-14;2*1-11-7-3-5-9-13(11)14-10-6-4-8-12(14)2;1-11-6-5-8-13(10-11)14-9-4-3-7-12(14)2;1-11-7-9-13(10-8-11)14-6-4-3-5-12(14)2;1-7-4-3-5-8(2)6-7;1-7-5-3-4-6-8(7)2;12*1-2/h5*3-10H,1-2H3;2*3-6H,1-2H3;12*1-2H3. The highest BCUT2D eigenvalue weighted by Crippen LogP contribution is 2.29. The number of aryl methyl sites for hydroxylation is 14. The van der Waals surface area contributed by atoms with E-state index in [9.17, 15) is 0 Å². The second-order valence-electron chi connectivity index (χ2n) is 22.6. The van der Waals surface area contributed by atoms with Crippen LogP contribution in [0.15, 0.2) is 291 Å². The summed E-state index contributed by atoms with van der Waals surface area (Å²) in [6.45, 7) is 77.9. The highest BCUT2D eigenvalue weighted by atomic mass is 14.1. The molecular formula is C110H162. The van der Waals surface area contributed by atoms with Crippen molar-refractivity contribution in [2.24, 2.45) is 0 Å². The van der Waals surface area contributed by atoms with Crippen LogP contribution in [-0.2, 0) is 0 Å². The molecule has 0 saturated carbocycles. The zero-order valence-electron chi connectivity index (χ0n) is 77.7. The minimum Gasteiger partial charge on any atom is -0.0683 e. The Balaban J connectivity index is -0.000000216. The molecule has 12 aromatic carbocycles. The Hall–Kier alpha value is -9.36. The van der Waals surface area contributed by atoms with Crippen LogP contribution in [0.2, 0.25) is 0 Å². The molecule has 0 bridgehead atoms. The number of rotatable bonds is 5. The number of benzene rings is 12. The summed E-state index contributed by atoms with van der Waals surface area (Å²) in [6, 6.07) is 102. The van der Waals surface area contributed by atoms with E-state index in [0.29, 0.717) is 0 Å². The first-order valence-corrected chi connectivity index (χ1v) is 42.1. The minimum atomic E-state index is 1.30. The zero-order valence-corrected chi connectivity index (χ0v) is 77.7. The first kappa shape index (κ1) is 114. The fraction of sp³-hybridized carbons (Fsp3) is 0.345. The van der Waals surface area contributed by atoms with Gasteiger partial charge in [-0.05, 0) is 197 Å². The third-order valence-electron chi connectivity index (χ3n) is 15.1. The van der Waals surface area contributed by atoms with Crippen LogP contribution in [-0.4, -0.2) is 0 Å².